The van der Waals surface area contributed by atoms with Gasteiger partial charge in [0.05, 0.1) is 30.2 Å². The van der Waals surface area contributed by atoms with Crippen molar-refractivity contribution in [2.24, 2.45) is 22.6 Å². The molecule has 9 unspecified atom stereocenters. The van der Waals surface area contributed by atoms with E-state index in [0.29, 0.717) is 12.6 Å². The summed E-state index contributed by atoms with van der Waals surface area (Å²) in [6, 6.07) is -0.991. The molecule has 4 aliphatic heterocycles. The zero-order valence-electron chi connectivity index (χ0n) is 23.5. The highest BCUT2D eigenvalue weighted by Gasteiger charge is 2.43. The van der Waals surface area contributed by atoms with Crippen molar-refractivity contribution in [2.45, 2.75) is 76.3 Å². The van der Waals surface area contributed by atoms with Crippen LogP contribution >= 0.6 is 0 Å². The number of allylic oxidation sites excluding steroid dienone is 2. The first-order valence-corrected chi connectivity index (χ1v) is 14.4. The van der Waals surface area contributed by atoms with Crippen molar-refractivity contribution in [3.63, 3.8) is 0 Å². The molecule has 0 spiro atoms. The summed E-state index contributed by atoms with van der Waals surface area (Å²) >= 11 is 0. The van der Waals surface area contributed by atoms with E-state index in [1.54, 1.807) is 6.92 Å². The van der Waals surface area contributed by atoms with E-state index in [1.165, 1.54) is 6.21 Å². The van der Waals surface area contributed by atoms with Gasteiger partial charge in [-0.3, -0.25) is 19.6 Å². The minimum atomic E-state index is -1.23. The number of hydrogen-bond donors (Lipinski definition) is 4. The van der Waals surface area contributed by atoms with Gasteiger partial charge in [-0.15, -0.1) is 0 Å². The fourth-order valence-electron chi connectivity index (χ4n) is 6.38. The molecular formula is C27H48F2N8O. The van der Waals surface area contributed by atoms with Gasteiger partial charge in [0.15, 0.2) is 0 Å². The van der Waals surface area contributed by atoms with Crippen LogP contribution in [0.15, 0.2) is 16.8 Å². The van der Waals surface area contributed by atoms with Crippen LogP contribution in [0.2, 0.25) is 0 Å². The number of amides is 1. The summed E-state index contributed by atoms with van der Waals surface area (Å²) in [6.45, 7) is 12.2. The molecule has 0 aromatic carbocycles. The number of likely N-dealkylation sites (N-methyl/N-ethyl adjacent to an activating group) is 1. The van der Waals surface area contributed by atoms with Crippen molar-refractivity contribution in [3.8, 4) is 0 Å². The van der Waals surface area contributed by atoms with Gasteiger partial charge in [0, 0.05) is 76.7 Å². The maximum absolute atomic E-state index is 15.5. The second-order valence-corrected chi connectivity index (χ2v) is 11.7. The van der Waals surface area contributed by atoms with E-state index in [9.17, 15) is 9.18 Å². The number of hydrogen-bond acceptors (Lipinski definition) is 8. The van der Waals surface area contributed by atoms with E-state index in [-0.39, 0.29) is 24.8 Å². The highest BCUT2D eigenvalue weighted by molar-refractivity contribution is 5.81. The summed E-state index contributed by atoms with van der Waals surface area (Å²) in [7, 11) is 2.13. The van der Waals surface area contributed by atoms with E-state index in [4.69, 9.17) is 5.73 Å². The van der Waals surface area contributed by atoms with E-state index in [1.807, 2.05) is 6.08 Å². The summed E-state index contributed by atoms with van der Waals surface area (Å²) < 4.78 is 30.0. The van der Waals surface area contributed by atoms with Crippen molar-refractivity contribution >= 4 is 12.1 Å². The Morgan fingerprint density at radius 1 is 1.21 bits per heavy atom. The molecule has 9 atom stereocenters. The zero-order valence-corrected chi connectivity index (χ0v) is 23.5. The number of carbonyl (C=O) groups excluding carboxylic acids is 1. The number of rotatable bonds is 5. The van der Waals surface area contributed by atoms with Crippen molar-refractivity contribution in [1.82, 2.24) is 30.7 Å². The van der Waals surface area contributed by atoms with Crippen molar-refractivity contribution < 1.29 is 13.6 Å². The number of piperidine rings is 1. The van der Waals surface area contributed by atoms with Gasteiger partial charge in [-0.05, 0) is 26.3 Å². The number of fused-ring (bicyclic) bond motifs is 1. The third-order valence-corrected chi connectivity index (χ3v) is 8.90. The number of nitrogens with one attached hydrogen (secondary N) is 3. The Kier molecular flexibility index (Phi) is 10.1. The summed E-state index contributed by atoms with van der Waals surface area (Å²) in [5, 5.41) is 9.60. The van der Waals surface area contributed by atoms with Gasteiger partial charge in [-0.1, -0.05) is 19.9 Å². The van der Waals surface area contributed by atoms with Gasteiger partial charge in [-0.2, -0.15) is 0 Å². The maximum atomic E-state index is 15.5. The van der Waals surface area contributed by atoms with Crippen LogP contribution in [0.1, 0.15) is 33.6 Å². The quantitative estimate of drug-likeness (QED) is 0.400. The Balaban J connectivity index is 1.50. The predicted octanol–water partition coefficient (Wildman–Crippen LogP) is 0.334. The second-order valence-electron chi connectivity index (χ2n) is 11.7. The smallest absolute Gasteiger partial charge is 0.229 e. The van der Waals surface area contributed by atoms with E-state index >= 15 is 4.39 Å². The van der Waals surface area contributed by atoms with Crippen LogP contribution in [0.5, 0.6) is 0 Å². The molecule has 3 fully saturated rings. The molecule has 38 heavy (non-hydrogen) atoms. The zero-order chi connectivity index (χ0) is 27.4. The first-order chi connectivity index (χ1) is 18.2. The molecule has 0 aromatic heterocycles. The number of alkyl halides is 2. The first-order valence-electron chi connectivity index (χ1n) is 14.4. The lowest BCUT2D eigenvalue weighted by Crippen LogP contribution is -2.70. The Labute approximate surface area is 226 Å². The number of halogens is 2. The van der Waals surface area contributed by atoms with Gasteiger partial charge in [0.1, 0.15) is 12.3 Å². The van der Waals surface area contributed by atoms with Gasteiger partial charge in [-0.25, -0.2) is 8.78 Å². The Hall–Kier alpha value is -1.66. The predicted molar refractivity (Wildman–Crippen MR) is 148 cm³/mol. The average molecular weight is 539 g/mol. The van der Waals surface area contributed by atoms with Gasteiger partial charge < -0.3 is 26.6 Å². The van der Waals surface area contributed by atoms with Crippen LogP contribution in [0.25, 0.3) is 0 Å². The molecule has 0 radical (unpaired) electrons. The minimum absolute atomic E-state index is 0.153. The van der Waals surface area contributed by atoms with Crippen LogP contribution in [-0.2, 0) is 4.79 Å². The topological polar surface area (TPSA) is 101 Å². The fourth-order valence-corrected chi connectivity index (χ4v) is 6.38. The number of nitrogens with two attached hydrogens (primary N) is 1. The Morgan fingerprint density at radius 2 is 1.95 bits per heavy atom. The highest BCUT2D eigenvalue weighted by Crippen LogP contribution is 2.24. The molecule has 4 aliphatic rings. The van der Waals surface area contributed by atoms with Gasteiger partial charge >= 0.3 is 0 Å². The van der Waals surface area contributed by atoms with Crippen molar-refractivity contribution in [2.75, 3.05) is 59.4 Å². The molecule has 5 N–H and O–H groups in total. The molecule has 0 bridgehead atoms. The molecule has 4 rings (SSSR count). The molecule has 0 aliphatic carbocycles. The lowest BCUT2D eigenvalue weighted by Gasteiger charge is -2.51. The minimum Gasteiger partial charge on any atom is -0.373 e. The average Bonchev–Trinajstić information content (AvgIpc) is 2.88. The molecule has 11 heteroatoms. The van der Waals surface area contributed by atoms with Crippen LogP contribution in [0, 0.1) is 11.8 Å². The van der Waals surface area contributed by atoms with Crippen LogP contribution in [0.4, 0.5) is 8.78 Å². The molecule has 0 aromatic rings. The maximum Gasteiger partial charge on any atom is 0.229 e. The molecule has 216 valence electrons. The largest absolute Gasteiger partial charge is 0.373 e. The number of piperazine rings is 2. The Bertz CT molecular complexity index is 859. The van der Waals surface area contributed by atoms with Crippen molar-refractivity contribution in [1.29, 1.82) is 0 Å². The van der Waals surface area contributed by atoms with Crippen molar-refractivity contribution in [3.05, 3.63) is 11.8 Å². The molecule has 4 heterocycles. The number of aliphatic imine (C=N–C) groups is 1. The summed E-state index contributed by atoms with van der Waals surface area (Å²) in [6.07, 6.45) is 1.15. The lowest BCUT2D eigenvalue weighted by atomic mass is 9.91. The van der Waals surface area contributed by atoms with E-state index < -0.39 is 42.6 Å². The number of nitrogens with zero attached hydrogens (tertiary/aromatic N) is 4. The fraction of sp³-hybridized carbons (Fsp3) is 0.852. The van der Waals surface area contributed by atoms with E-state index in [0.717, 1.165) is 51.4 Å². The third-order valence-electron chi connectivity index (χ3n) is 8.90. The van der Waals surface area contributed by atoms with Crippen LogP contribution < -0.4 is 21.7 Å². The normalized spacial score (nSPS) is 40.3. The third kappa shape index (κ3) is 6.91. The number of carbonyl (C=O) groups is 1. The molecule has 1 amide bonds. The highest BCUT2D eigenvalue weighted by atomic mass is 19.1. The first kappa shape index (κ1) is 29.3. The molecule has 0 saturated carbocycles. The second kappa shape index (κ2) is 13.1. The molecule has 3 saturated heterocycles. The molecule has 9 nitrogen and oxygen atoms in total. The monoisotopic (exact) mass is 538 g/mol. The summed E-state index contributed by atoms with van der Waals surface area (Å²) in [5.41, 5.74) is 7.43. The Morgan fingerprint density at radius 3 is 2.71 bits per heavy atom. The molecular weight excluding hydrogens is 490 g/mol. The van der Waals surface area contributed by atoms with Gasteiger partial charge in [0.25, 0.3) is 0 Å². The van der Waals surface area contributed by atoms with Gasteiger partial charge in [0.2, 0.25) is 5.91 Å². The van der Waals surface area contributed by atoms with E-state index in [2.05, 4.69) is 56.5 Å². The lowest BCUT2D eigenvalue weighted by molar-refractivity contribution is -0.128. The standard InChI is InChI=1S/C27H48F2N8O/c1-5-17(2)22-7-6-19(28)12-32-18(3)24(26(30)33-22)27(38)34-23-14-31-13-21(29)25(23)37-11-10-36-9-8-35(4)15-20(36)16-37/h7,12,17-21,23-26,31,33H,5-6,8-11,13-16,30H2,1-4H3,(H,34,38)/b22-7-,32-12?. The van der Waals surface area contributed by atoms with Crippen LogP contribution in [-0.4, -0.2) is 129 Å². The summed E-state index contributed by atoms with van der Waals surface area (Å²) in [5.74, 6) is -0.870. The summed E-state index contributed by atoms with van der Waals surface area (Å²) in [4.78, 5) is 25.2. The van der Waals surface area contributed by atoms with Crippen LogP contribution in [0.3, 0.4) is 0 Å². The SMILES string of the molecule is CCC(C)/C1=C/CC(F)C=NC(C)C(C(=O)NC2CNCC(F)C2N2CCN3CCN(C)CC3C2)C(N)N1.